The van der Waals surface area contributed by atoms with Crippen molar-refractivity contribution in [1.29, 1.82) is 0 Å². The van der Waals surface area contributed by atoms with Crippen LogP contribution in [0.15, 0.2) is 24.5 Å². The first-order valence-electron chi connectivity index (χ1n) is 7.04. The molecule has 1 aromatic heterocycles. The van der Waals surface area contributed by atoms with Gasteiger partial charge in [-0.05, 0) is 37.3 Å². The smallest absolute Gasteiger partial charge is 0.314 e. The monoisotopic (exact) mass is 265 g/mol. The van der Waals surface area contributed by atoms with E-state index in [1.807, 2.05) is 29.1 Å². The third kappa shape index (κ3) is 4.95. The van der Waals surface area contributed by atoms with E-state index in [1.54, 1.807) is 0 Å². The quantitative estimate of drug-likeness (QED) is 0.752. The minimum atomic E-state index is -0.183. The van der Waals surface area contributed by atoms with Crippen LogP contribution in [0.5, 0.6) is 0 Å². The average Bonchev–Trinajstić information content (AvgIpc) is 2.90. The van der Waals surface area contributed by atoms with E-state index in [1.165, 1.54) is 0 Å². The Morgan fingerprint density at radius 1 is 1.26 bits per heavy atom. The number of nitrogens with zero attached hydrogens (tertiary/aromatic N) is 1. The molecule has 1 saturated carbocycles. The fraction of sp³-hybridized carbons (Fsp3) is 0.643. The lowest BCUT2D eigenvalue weighted by Gasteiger charge is -2.25. The van der Waals surface area contributed by atoms with Crippen LogP contribution in [0.2, 0.25) is 0 Å². The minimum absolute atomic E-state index is 0.118. The maximum Gasteiger partial charge on any atom is 0.314 e. The van der Waals surface area contributed by atoms with Gasteiger partial charge >= 0.3 is 6.03 Å². The zero-order valence-electron chi connectivity index (χ0n) is 11.2. The Morgan fingerprint density at radius 2 is 2.05 bits per heavy atom. The first-order chi connectivity index (χ1) is 9.24. The second-order valence-corrected chi connectivity index (χ2v) is 5.24. The molecule has 0 radical (unpaired) electrons. The van der Waals surface area contributed by atoms with Gasteiger partial charge in [0, 0.05) is 32.0 Å². The Kier molecular flexibility index (Phi) is 5.27. The van der Waals surface area contributed by atoms with Crippen molar-refractivity contribution in [1.82, 2.24) is 15.2 Å². The number of carbonyl (C=O) groups is 1. The molecule has 2 unspecified atom stereocenters. The van der Waals surface area contributed by atoms with E-state index in [4.69, 9.17) is 0 Å². The summed E-state index contributed by atoms with van der Waals surface area (Å²) < 4.78 is 2.03. The minimum Gasteiger partial charge on any atom is -0.393 e. The number of aliphatic hydroxyl groups excluding tert-OH is 1. The number of aliphatic hydroxyl groups is 1. The molecular formula is C14H23N3O2. The van der Waals surface area contributed by atoms with Crippen LogP contribution in [0.4, 0.5) is 4.79 Å². The Balaban J connectivity index is 1.56. The van der Waals surface area contributed by atoms with E-state index in [9.17, 15) is 9.90 Å². The summed E-state index contributed by atoms with van der Waals surface area (Å²) in [6.07, 6.45) is 7.64. The van der Waals surface area contributed by atoms with Crippen molar-refractivity contribution in [2.45, 2.75) is 38.3 Å². The van der Waals surface area contributed by atoms with Crippen molar-refractivity contribution in [3.63, 3.8) is 0 Å². The van der Waals surface area contributed by atoms with Gasteiger partial charge in [0.1, 0.15) is 0 Å². The van der Waals surface area contributed by atoms with Crippen LogP contribution in [-0.4, -0.2) is 34.9 Å². The molecule has 0 aromatic carbocycles. The van der Waals surface area contributed by atoms with E-state index < -0.39 is 0 Å². The lowest BCUT2D eigenvalue weighted by Crippen LogP contribution is -2.40. The molecule has 1 aromatic rings. The molecule has 1 aliphatic carbocycles. The van der Waals surface area contributed by atoms with Crippen LogP contribution >= 0.6 is 0 Å². The van der Waals surface area contributed by atoms with Crippen molar-refractivity contribution in [3.8, 4) is 0 Å². The standard InChI is InChI=1S/C14H23N3O2/c18-13-5-3-4-12(10-13)11-16-14(19)15-6-9-17-7-1-2-8-17/h1-2,7-8,12-13,18H,3-6,9-11H2,(H2,15,16,19). The maximum absolute atomic E-state index is 11.6. The fourth-order valence-electron chi connectivity index (χ4n) is 2.57. The normalized spacial score (nSPS) is 23.0. The van der Waals surface area contributed by atoms with Gasteiger partial charge in [0.25, 0.3) is 0 Å². The summed E-state index contributed by atoms with van der Waals surface area (Å²) in [5.74, 6) is 0.416. The summed E-state index contributed by atoms with van der Waals surface area (Å²) in [4.78, 5) is 11.6. The number of carbonyl (C=O) groups excluding carboxylic acids is 1. The molecule has 0 aliphatic heterocycles. The summed E-state index contributed by atoms with van der Waals surface area (Å²) >= 11 is 0. The van der Waals surface area contributed by atoms with Gasteiger partial charge in [-0.2, -0.15) is 0 Å². The molecule has 1 aliphatic rings. The molecule has 0 saturated heterocycles. The summed E-state index contributed by atoms with van der Waals surface area (Å²) in [6.45, 7) is 2.06. The third-order valence-electron chi connectivity index (χ3n) is 3.63. The van der Waals surface area contributed by atoms with Gasteiger partial charge < -0.3 is 20.3 Å². The molecular weight excluding hydrogens is 242 g/mol. The van der Waals surface area contributed by atoms with Gasteiger partial charge in [0.2, 0.25) is 0 Å². The van der Waals surface area contributed by atoms with Gasteiger partial charge in [-0.1, -0.05) is 6.42 Å². The van der Waals surface area contributed by atoms with Crippen LogP contribution in [-0.2, 0) is 6.54 Å². The molecule has 1 heterocycles. The second-order valence-electron chi connectivity index (χ2n) is 5.24. The lowest BCUT2D eigenvalue weighted by molar-refractivity contribution is 0.101. The number of aromatic nitrogens is 1. The van der Waals surface area contributed by atoms with Crippen LogP contribution in [0, 0.1) is 5.92 Å². The lowest BCUT2D eigenvalue weighted by atomic mass is 9.87. The highest BCUT2D eigenvalue weighted by molar-refractivity contribution is 5.73. The molecule has 1 fully saturated rings. The molecule has 5 nitrogen and oxygen atoms in total. The average molecular weight is 265 g/mol. The largest absolute Gasteiger partial charge is 0.393 e. The van der Waals surface area contributed by atoms with Crippen LogP contribution in [0.1, 0.15) is 25.7 Å². The first kappa shape index (κ1) is 13.9. The van der Waals surface area contributed by atoms with Crippen LogP contribution in [0.25, 0.3) is 0 Å². The van der Waals surface area contributed by atoms with Crippen molar-refractivity contribution in [2.24, 2.45) is 5.92 Å². The van der Waals surface area contributed by atoms with Crippen molar-refractivity contribution >= 4 is 6.03 Å². The number of amides is 2. The predicted octanol–water partition coefficient (Wildman–Crippen LogP) is 1.34. The number of rotatable bonds is 5. The highest BCUT2D eigenvalue weighted by atomic mass is 16.3. The van der Waals surface area contributed by atoms with E-state index in [0.29, 0.717) is 19.0 Å². The van der Waals surface area contributed by atoms with E-state index in [-0.39, 0.29) is 12.1 Å². The van der Waals surface area contributed by atoms with Crippen LogP contribution < -0.4 is 10.6 Å². The molecule has 3 N–H and O–H groups in total. The fourth-order valence-corrected chi connectivity index (χ4v) is 2.57. The molecule has 19 heavy (non-hydrogen) atoms. The van der Waals surface area contributed by atoms with E-state index >= 15 is 0 Å². The number of urea groups is 1. The zero-order valence-corrected chi connectivity index (χ0v) is 11.2. The van der Waals surface area contributed by atoms with E-state index in [0.717, 1.165) is 32.2 Å². The Labute approximate surface area is 114 Å². The SMILES string of the molecule is O=C(NCCn1cccc1)NCC1CCCC(O)C1. The topological polar surface area (TPSA) is 66.3 Å². The summed E-state index contributed by atoms with van der Waals surface area (Å²) in [6, 6.07) is 3.82. The Hall–Kier alpha value is -1.49. The molecule has 0 spiro atoms. The van der Waals surface area contributed by atoms with Gasteiger partial charge in [-0.3, -0.25) is 0 Å². The highest BCUT2D eigenvalue weighted by Crippen LogP contribution is 2.23. The highest BCUT2D eigenvalue weighted by Gasteiger charge is 2.20. The van der Waals surface area contributed by atoms with Gasteiger partial charge in [-0.15, -0.1) is 0 Å². The van der Waals surface area contributed by atoms with Gasteiger partial charge in [0.15, 0.2) is 0 Å². The third-order valence-corrected chi connectivity index (χ3v) is 3.63. The van der Waals surface area contributed by atoms with E-state index in [2.05, 4.69) is 10.6 Å². The van der Waals surface area contributed by atoms with Gasteiger partial charge in [-0.25, -0.2) is 4.79 Å². The number of hydrogen-bond acceptors (Lipinski definition) is 2. The van der Waals surface area contributed by atoms with Crippen LogP contribution in [0.3, 0.4) is 0 Å². The zero-order chi connectivity index (χ0) is 13.5. The first-order valence-corrected chi connectivity index (χ1v) is 7.04. The van der Waals surface area contributed by atoms with Gasteiger partial charge in [0.05, 0.1) is 6.10 Å². The summed E-state index contributed by atoms with van der Waals surface area (Å²) in [5.41, 5.74) is 0. The summed E-state index contributed by atoms with van der Waals surface area (Å²) in [7, 11) is 0. The maximum atomic E-state index is 11.6. The molecule has 106 valence electrons. The molecule has 2 rings (SSSR count). The molecule has 0 bridgehead atoms. The predicted molar refractivity (Wildman–Crippen MR) is 73.8 cm³/mol. The van der Waals surface area contributed by atoms with Crippen molar-refractivity contribution in [2.75, 3.05) is 13.1 Å². The number of nitrogens with one attached hydrogen (secondary N) is 2. The van der Waals surface area contributed by atoms with Crippen molar-refractivity contribution < 1.29 is 9.90 Å². The molecule has 5 heteroatoms. The summed E-state index contributed by atoms with van der Waals surface area (Å²) in [5, 5.41) is 15.3. The Morgan fingerprint density at radius 3 is 2.79 bits per heavy atom. The molecule has 2 atom stereocenters. The second kappa shape index (κ2) is 7.19. The number of hydrogen-bond donors (Lipinski definition) is 3. The van der Waals surface area contributed by atoms with Crippen molar-refractivity contribution in [3.05, 3.63) is 24.5 Å². The Bertz CT molecular complexity index is 378. The molecule has 2 amide bonds.